The molecule has 2 N–H and O–H groups in total. The van der Waals surface area contributed by atoms with E-state index in [4.69, 9.17) is 11.6 Å². The van der Waals surface area contributed by atoms with Gasteiger partial charge >= 0.3 is 0 Å². The van der Waals surface area contributed by atoms with Gasteiger partial charge < -0.3 is 10.2 Å². The minimum atomic E-state index is -3.51. The van der Waals surface area contributed by atoms with E-state index in [0.29, 0.717) is 27.6 Å². The number of sulfonamides is 1. The normalized spacial score (nSPS) is 15.0. The highest BCUT2D eigenvalue weighted by Gasteiger charge is 2.44. The van der Waals surface area contributed by atoms with E-state index in [1.807, 2.05) is 6.92 Å². The molecule has 0 bridgehead atoms. The summed E-state index contributed by atoms with van der Waals surface area (Å²) in [5.41, 5.74) is 1.72. The largest absolute Gasteiger partial charge is 0.357 e. The van der Waals surface area contributed by atoms with Crippen molar-refractivity contribution in [3.8, 4) is 11.4 Å². The Morgan fingerprint density at radius 1 is 1.18 bits per heavy atom. The fourth-order valence-electron chi connectivity index (χ4n) is 3.30. The van der Waals surface area contributed by atoms with Gasteiger partial charge in [0.25, 0.3) is 11.8 Å². The molecule has 1 aliphatic heterocycles. The molecule has 0 spiro atoms. The number of hydrogen-bond acceptors (Lipinski definition) is 7. The van der Waals surface area contributed by atoms with Gasteiger partial charge in [-0.25, -0.2) is 27.2 Å². The maximum atomic E-state index is 13.1. The van der Waals surface area contributed by atoms with Crippen LogP contribution in [-0.4, -0.2) is 49.1 Å². The number of carbonyl (C=O) groups excluding carboxylic acids is 1. The predicted molar refractivity (Wildman–Crippen MR) is 130 cm³/mol. The van der Waals surface area contributed by atoms with Crippen LogP contribution < -0.4 is 14.9 Å². The second kappa shape index (κ2) is 9.08. The van der Waals surface area contributed by atoms with Crippen molar-refractivity contribution < 1.29 is 22.0 Å². The molecule has 1 saturated heterocycles. The zero-order valence-electron chi connectivity index (χ0n) is 18.1. The van der Waals surface area contributed by atoms with Crippen molar-refractivity contribution in [3.63, 3.8) is 0 Å². The zero-order valence-corrected chi connectivity index (χ0v) is 20.5. The smallest absolute Gasteiger partial charge is 0.282 e. The predicted octanol–water partition coefficient (Wildman–Crippen LogP) is 4.64. The summed E-state index contributed by atoms with van der Waals surface area (Å²) in [5, 5.41) is 2.97. The maximum Gasteiger partial charge on any atom is 0.282 e. The summed E-state index contributed by atoms with van der Waals surface area (Å²) in [7, 11) is -3.51. The van der Waals surface area contributed by atoms with Crippen LogP contribution in [0.3, 0.4) is 0 Å². The molecule has 3 heterocycles. The van der Waals surface area contributed by atoms with E-state index in [9.17, 15) is 22.0 Å². The lowest BCUT2D eigenvalue weighted by Crippen LogP contribution is -2.56. The average Bonchev–Trinajstić information content (AvgIpc) is 3.13. The molecule has 1 aromatic carbocycles. The Morgan fingerprint density at radius 3 is 2.44 bits per heavy atom. The summed E-state index contributed by atoms with van der Waals surface area (Å²) >= 11 is 7.32. The van der Waals surface area contributed by atoms with Gasteiger partial charge in [-0.15, -0.1) is 11.3 Å². The first kappa shape index (κ1) is 24.3. The van der Waals surface area contributed by atoms with Gasteiger partial charge in [0.05, 0.1) is 47.5 Å². The van der Waals surface area contributed by atoms with Crippen molar-refractivity contribution in [2.24, 2.45) is 0 Å². The van der Waals surface area contributed by atoms with Crippen molar-refractivity contribution in [2.45, 2.75) is 19.8 Å². The molecule has 3 aromatic rings. The van der Waals surface area contributed by atoms with E-state index in [0.717, 1.165) is 4.88 Å². The average molecular weight is 528 g/mol. The molecule has 8 nitrogen and oxygen atoms in total. The first-order valence-corrected chi connectivity index (χ1v) is 13.0. The SMILES string of the molecule is CCS(=O)(=O)Nc1cc(Cl)cc(NC(=O)c2cc(-c3ncc(N4CC(F)(F)C4)cn3)c(C)s2)c1. The summed E-state index contributed by atoms with van der Waals surface area (Å²) in [6.07, 6.45) is 2.97. The van der Waals surface area contributed by atoms with E-state index in [1.165, 1.54) is 53.8 Å². The Bertz CT molecular complexity index is 1340. The molecule has 0 radical (unpaired) electrons. The van der Waals surface area contributed by atoms with Crippen LogP contribution in [0.15, 0.2) is 36.7 Å². The van der Waals surface area contributed by atoms with Gasteiger partial charge in [-0.05, 0) is 38.1 Å². The molecule has 180 valence electrons. The van der Waals surface area contributed by atoms with Crippen LogP contribution in [0.4, 0.5) is 25.8 Å². The number of alkyl halides is 2. The Kier molecular flexibility index (Phi) is 6.49. The molecule has 13 heteroatoms. The number of carbonyl (C=O) groups is 1. The van der Waals surface area contributed by atoms with Crippen molar-refractivity contribution in [1.29, 1.82) is 0 Å². The van der Waals surface area contributed by atoms with Gasteiger partial charge in [0.1, 0.15) is 0 Å². The third-order valence-electron chi connectivity index (χ3n) is 5.04. The first-order chi connectivity index (χ1) is 15.9. The number of aryl methyl sites for hydroxylation is 1. The number of aromatic nitrogens is 2. The van der Waals surface area contributed by atoms with E-state index in [-0.39, 0.29) is 29.6 Å². The Hall–Kier alpha value is -2.83. The molecule has 0 unspecified atom stereocenters. The number of benzene rings is 1. The highest BCUT2D eigenvalue weighted by atomic mass is 35.5. The zero-order chi connectivity index (χ0) is 24.7. The van der Waals surface area contributed by atoms with Crippen LogP contribution in [0.2, 0.25) is 5.02 Å². The molecule has 34 heavy (non-hydrogen) atoms. The van der Waals surface area contributed by atoms with E-state index < -0.39 is 21.9 Å². The van der Waals surface area contributed by atoms with Gasteiger partial charge in [0.2, 0.25) is 10.0 Å². The van der Waals surface area contributed by atoms with Gasteiger partial charge in [0, 0.05) is 21.2 Å². The molecular weight excluding hydrogens is 508 g/mol. The van der Waals surface area contributed by atoms with Crippen LogP contribution in [0, 0.1) is 6.92 Å². The van der Waals surface area contributed by atoms with Gasteiger partial charge in [-0.3, -0.25) is 9.52 Å². The van der Waals surface area contributed by atoms with Crippen LogP contribution in [0.5, 0.6) is 0 Å². The molecule has 1 aliphatic rings. The van der Waals surface area contributed by atoms with Crippen LogP contribution in [0.25, 0.3) is 11.4 Å². The molecule has 0 aliphatic carbocycles. The van der Waals surface area contributed by atoms with E-state index >= 15 is 0 Å². The Morgan fingerprint density at radius 2 is 1.82 bits per heavy atom. The Labute approximate surface area is 204 Å². The lowest BCUT2D eigenvalue weighted by atomic mass is 10.1. The maximum absolute atomic E-state index is 13.1. The molecule has 0 saturated carbocycles. The second-order valence-corrected chi connectivity index (χ2v) is 11.4. The summed E-state index contributed by atoms with van der Waals surface area (Å²) in [5.74, 6) is -2.82. The van der Waals surface area contributed by atoms with Crippen LogP contribution in [-0.2, 0) is 10.0 Å². The quantitative estimate of drug-likeness (QED) is 0.464. The van der Waals surface area contributed by atoms with Crippen LogP contribution >= 0.6 is 22.9 Å². The topological polar surface area (TPSA) is 104 Å². The first-order valence-electron chi connectivity index (χ1n) is 10.1. The minimum Gasteiger partial charge on any atom is -0.357 e. The lowest BCUT2D eigenvalue weighted by molar-refractivity contribution is -0.0263. The van der Waals surface area contributed by atoms with Crippen molar-refractivity contribution in [1.82, 2.24) is 9.97 Å². The fourth-order valence-corrected chi connectivity index (χ4v) is 5.07. The highest BCUT2D eigenvalue weighted by molar-refractivity contribution is 7.92. The van der Waals surface area contributed by atoms with E-state index in [1.54, 1.807) is 6.07 Å². The number of thiophene rings is 1. The fraction of sp³-hybridized carbons (Fsp3) is 0.286. The molecule has 4 rings (SSSR count). The molecule has 2 aromatic heterocycles. The van der Waals surface area contributed by atoms with Crippen molar-refractivity contribution in [3.05, 3.63) is 51.4 Å². The number of nitrogens with zero attached hydrogens (tertiary/aromatic N) is 3. The number of amides is 1. The highest BCUT2D eigenvalue weighted by Crippen LogP contribution is 2.33. The minimum absolute atomic E-state index is 0.105. The summed E-state index contributed by atoms with van der Waals surface area (Å²) in [6, 6.07) is 6.07. The van der Waals surface area contributed by atoms with Gasteiger partial charge in [-0.1, -0.05) is 11.6 Å². The van der Waals surface area contributed by atoms with Gasteiger partial charge in [0.15, 0.2) is 5.82 Å². The number of nitrogens with one attached hydrogen (secondary N) is 2. The monoisotopic (exact) mass is 527 g/mol. The van der Waals surface area contributed by atoms with Crippen molar-refractivity contribution in [2.75, 3.05) is 33.8 Å². The third kappa shape index (κ3) is 5.45. The summed E-state index contributed by atoms with van der Waals surface area (Å²) in [4.78, 5) is 24.1. The van der Waals surface area contributed by atoms with Gasteiger partial charge in [-0.2, -0.15) is 0 Å². The summed E-state index contributed by atoms with van der Waals surface area (Å²) in [6.45, 7) is 2.61. The lowest BCUT2D eigenvalue weighted by Gasteiger charge is -2.39. The molecular formula is C21H20ClF2N5O3S2. The second-order valence-electron chi connectivity index (χ2n) is 7.75. The number of anilines is 3. The number of rotatable bonds is 7. The molecule has 0 atom stereocenters. The number of halogens is 3. The molecule has 1 amide bonds. The third-order valence-corrected chi connectivity index (χ3v) is 7.61. The summed E-state index contributed by atoms with van der Waals surface area (Å²) < 4.78 is 52.2. The Balaban J connectivity index is 1.49. The van der Waals surface area contributed by atoms with Crippen LogP contribution in [0.1, 0.15) is 21.5 Å². The number of hydrogen-bond donors (Lipinski definition) is 2. The standard InChI is InChI=1S/C21H20ClF2N5O3S2/c1-3-34(31,32)28-15-5-13(22)4-14(6-15)27-20(30)18-7-17(12(2)33-18)19-25-8-16(9-26-19)29-10-21(23,24)11-29/h4-9,28H,3,10-11H2,1-2H3,(H,27,30). The van der Waals surface area contributed by atoms with Crippen molar-refractivity contribution >= 4 is 55.9 Å². The van der Waals surface area contributed by atoms with E-state index in [2.05, 4.69) is 20.0 Å². The molecule has 1 fully saturated rings.